The van der Waals surface area contributed by atoms with Crippen molar-refractivity contribution in [3.63, 3.8) is 0 Å². The summed E-state index contributed by atoms with van der Waals surface area (Å²) in [6, 6.07) is 5.93. The number of anilines is 1. The molecule has 1 saturated heterocycles. The number of aromatic nitrogens is 1. The molecule has 1 aliphatic carbocycles. The topological polar surface area (TPSA) is 95.3 Å². The number of hydrogen-bond acceptors (Lipinski definition) is 6. The van der Waals surface area contributed by atoms with Gasteiger partial charge < -0.3 is 15.0 Å². The number of carbonyl (C=O) groups is 2. The largest absolute Gasteiger partial charge is 0.449 e. The first-order valence-corrected chi connectivity index (χ1v) is 11.8. The van der Waals surface area contributed by atoms with Crippen LogP contribution in [-0.4, -0.2) is 41.6 Å². The molecule has 1 aliphatic heterocycles. The van der Waals surface area contributed by atoms with Crippen molar-refractivity contribution in [2.24, 2.45) is 5.92 Å². The van der Waals surface area contributed by atoms with Gasteiger partial charge in [-0.25, -0.2) is 4.79 Å². The quantitative estimate of drug-likeness (QED) is 0.682. The van der Waals surface area contributed by atoms with Gasteiger partial charge in [0.05, 0.1) is 12.2 Å². The van der Waals surface area contributed by atoms with Gasteiger partial charge in [-0.2, -0.15) is 5.26 Å². The highest BCUT2D eigenvalue weighted by Crippen LogP contribution is 2.39. The second-order valence-corrected chi connectivity index (χ2v) is 9.27. The number of nitriles is 1. The van der Waals surface area contributed by atoms with Crippen LogP contribution in [0.25, 0.3) is 6.08 Å². The average Bonchev–Trinajstić information content (AvgIpc) is 3.18. The monoisotopic (exact) mass is 450 g/mol. The van der Waals surface area contributed by atoms with Crippen molar-refractivity contribution in [1.82, 2.24) is 9.88 Å². The van der Waals surface area contributed by atoms with Crippen LogP contribution < -0.4 is 5.32 Å². The first-order chi connectivity index (χ1) is 15.6. The van der Waals surface area contributed by atoms with Crippen molar-refractivity contribution in [2.75, 3.05) is 25.0 Å². The summed E-state index contributed by atoms with van der Waals surface area (Å²) < 4.78 is 5.58. The van der Waals surface area contributed by atoms with Crippen LogP contribution in [0, 0.1) is 17.2 Å². The number of likely N-dealkylation sites (tertiary alicyclic amines) is 1. The number of hydrogen-bond donors (Lipinski definition) is 1. The molecular weight excluding hydrogens is 424 g/mol. The molecule has 0 radical (unpaired) electrons. The number of carbonyl (C=O) groups excluding carboxylic acids is 2. The molecule has 0 saturated carbocycles. The lowest BCUT2D eigenvalue weighted by molar-refractivity contribution is -0.111. The van der Waals surface area contributed by atoms with Crippen molar-refractivity contribution in [3.05, 3.63) is 52.2 Å². The molecular formula is C24H26N4O3S. The first-order valence-electron chi connectivity index (χ1n) is 11.0. The summed E-state index contributed by atoms with van der Waals surface area (Å²) in [5.41, 5.74) is 2.40. The van der Waals surface area contributed by atoms with Gasteiger partial charge in [0.2, 0.25) is 5.91 Å². The van der Waals surface area contributed by atoms with Gasteiger partial charge in [-0.15, -0.1) is 11.3 Å². The predicted octanol–water partition coefficient (Wildman–Crippen LogP) is 4.39. The van der Waals surface area contributed by atoms with Crippen LogP contribution in [0.5, 0.6) is 0 Å². The second kappa shape index (κ2) is 10.4. The van der Waals surface area contributed by atoms with Crippen molar-refractivity contribution >= 4 is 34.4 Å². The summed E-state index contributed by atoms with van der Waals surface area (Å²) in [5.74, 6) is -0.0496. The van der Waals surface area contributed by atoms with E-state index >= 15 is 0 Å². The van der Waals surface area contributed by atoms with E-state index in [1.807, 2.05) is 6.07 Å². The van der Waals surface area contributed by atoms with E-state index < -0.39 is 0 Å². The smallest absolute Gasteiger partial charge is 0.409 e. The number of amides is 2. The average molecular weight is 451 g/mol. The number of pyridine rings is 1. The van der Waals surface area contributed by atoms with Crippen LogP contribution in [0.15, 0.2) is 30.6 Å². The third-order valence-electron chi connectivity index (χ3n) is 5.88. The third-order valence-corrected chi connectivity index (χ3v) is 7.05. The van der Waals surface area contributed by atoms with Crippen LogP contribution in [0.3, 0.4) is 0 Å². The minimum atomic E-state index is -0.282. The van der Waals surface area contributed by atoms with Gasteiger partial charge in [-0.05, 0) is 67.7 Å². The van der Waals surface area contributed by atoms with Crippen molar-refractivity contribution in [2.45, 2.75) is 38.5 Å². The molecule has 0 spiro atoms. The Bertz CT molecular complexity index is 1040. The van der Waals surface area contributed by atoms with Crippen molar-refractivity contribution in [1.29, 1.82) is 5.26 Å². The van der Waals surface area contributed by atoms with Gasteiger partial charge in [0.25, 0.3) is 0 Å². The maximum absolute atomic E-state index is 12.4. The number of ether oxygens (including phenoxy) is 1. The van der Waals surface area contributed by atoms with Gasteiger partial charge in [-0.1, -0.05) is 6.07 Å². The molecule has 166 valence electrons. The number of piperidine rings is 1. The Kier molecular flexibility index (Phi) is 7.17. The Balaban J connectivity index is 1.36. The number of fused-ring (bicyclic) bond motifs is 1. The zero-order valence-corrected chi connectivity index (χ0v) is 18.7. The zero-order valence-electron chi connectivity index (χ0n) is 17.9. The predicted molar refractivity (Wildman–Crippen MR) is 123 cm³/mol. The first kappa shape index (κ1) is 22.0. The summed E-state index contributed by atoms with van der Waals surface area (Å²) in [6.45, 7) is 1.95. The zero-order chi connectivity index (χ0) is 22.3. The van der Waals surface area contributed by atoms with Crippen LogP contribution in [0.2, 0.25) is 0 Å². The van der Waals surface area contributed by atoms with E-state index in [2.05, 4.69) is 16.4 Å². The maximum Gasteiger partial charge on any atom is 0.409 e. The molecule has 2 aromatic heterocycles. The van der Waals surface area contributed by atoms with Gasteiger partial charge >= 0.3 is 6.09 Å². The molecule has 0 aromatic carbocycles. The third kappa shape index (κ3) is 5.35. The number of thiophene rings is 1. The van der Waals surface area contributed by atoms with E-state index in [4.69, 9.17) is 4.74 Å². The summed E-state index contributed by atoms with van der Waals surface area (Å²) in [5, 5.41) is 13.1. The van der Waals surface area contributed by atoms with Gasteiger partial charge in [0, 0.05) is 36.4 Å². The molecule has 2 aliphatic rings. The number of nitrogens with zero attached hydrogens (tertiary/aromatic N) is 3. The number of rotatable bonds is 5. The molecule has 1 atom stereocenters. The Morgan fingerprint density at radius 3 is 2.94 bits per heavy atom. The van der Waals surface area contributed by atoms with Gasteiger partial charge in [0.1, 0.15) is 11.1 Å². The fourth-order valence-electron chi connectivity index (χ4n) is 4.16. The normalized spacial score (nSPS) is 18.1. The van der Waals surface area contributed by atoms with Crippen LogP contribution in [0.4, 0.5) is 9.80 Å². The Morgan fingerprint density at radius 2 is 2.19 bits per heavy atom. The highest BCUT2D eigenvalue weighted by molar-refractivity contribution is 7.16. The van der Waals surface area contributed by atoms with Gasteiger partial charge in [-0.3, -0.25) is 9.78 Å². The van der Waals surface area contributed by atoms with Crippen LogP contribution >= 0.6 is 11.3 Å². The molecule has 1 N–H and O–H groups in total. The molecule has 3 heterocycles. The number of nitrogens with one attached hydrogen (secondary N) is 1. The summed E-state index contributed by atoms with van der Waals surface area (Å²) in [4.78, 5) is 31.6. The molecule has 1 fully saturated rings. The van der Waals surface area contributed by atoms with E-state index in [0.717, 1.165) is 61.2 Å². The van der Waals surface area contributed by atoms with E-state index in [9.17, 15) is 14.9 Å². The molecule has 0 bridgehead atoms. The summed E-state index contributed by atoms with van der Waals surface area (Å²) in [6.07, 6.45) is 11.9. The summed E-state index contributed by atoms with van der Waals surface area (Å²) >= 11 is 1.45. The van der Waals surface area contributed by atoms with E-state index in [0.29, 0.717) is 17.2 Å². The lowest BCUT2D eigenvalue weighted by Crippen LogP contribution is -2.37. The minimum Gasteiger partial charge on any atom is -0.449 e. The standard InChI is InChI=1S/C24H26N4O3S/c25-14-20-19-8-6-18(16-31-24(30)28-11-2-1-3-12-28)13-21(19)32-23(20)27-22(29)9-7-17-5-4-10-26-15-17/h4-5,7,9-10,15,18H,1-3,6,8,11-13,16H2,(H,27,29)/t18-/m0/s1. The second-order valence-electron chi connectivity index (χ2n) is 8.16. The van der Waals surface area contributed by atoms with E-state index in [1.165, 1.54) is 23.8 Å². The summed E-state index contributed by atoms with van der Waals surface area (Å²) in [7, 11) is 0. The Morgan fingerprint density at radius 1 is 1.34 bits per heavy atom. The van der Waals surface area contributed by atoms with Crippen molar-refractivity contribution in [3.8, 4) is 6.07 Å². The molecule has 2 aromatic rings. The highest BCUT2D eigenvalue weighted by atomic mass is 32.1. The Labute approximate surface area is 191 Å². The molecule has 8 heteroatoms. The van der Waals surface area contributed by atoms with E-state index in [-0.39, 0.29) is 17.9 Å². The Hall–Kier alpha value is -3.18. The van der Waals surface area contributed by atoms with Gasteiger partial charge in [0.15, 0.2) is 0 Å². The lowest BCUT2D eigenvalue weighted by Gasteiger charge is -2.27. The highest BCUT2D eigenvalue weighted by Gasteiger charge is 2.28. The minimum absolute atomic E-state index is 0.215. The van der Waals surface area contributed by atoms with Crippen LogP contribution in [0.1, 0.15) is 47.3 Å². The van der Waals surface area contributed by atoms with Crippen LogP contribution in [-0.2, 0) is 22.4 Å². The maximum atomic E-state index is 12.4. The SMILES string of the molecule is N#Cc1c(NC(=O)C=Cc2cccnc2)sc2c1CC[C@H](COC(=O)N1CCCCC1)C2. The van der Waals surface area contributed by atoms with E-state index in [1.54, 1.807) is 29.4 Å². The van der Waals surface area contributed by atoms with Crippen molar-refractivity contribution < 1.29 is 14.3 Å². The molecule has 2 amide bonds. The lowest BCUT2D eigenvalue weighted by atomic mass is 9.88. The molecule has 0 unspecified atom stereocenters. The molecule has 32 heavy (non-hydrogen) atoms. The fourth-order valence-corrected chi connectivity index (χ4v) is 5.48. The molecule has 7 nitrogen and oxygen atoms in total. The molecule has 4 rings (SSSR count). The fraction of sp³-hybridized carbons (Fsp3) is 0.417.